The minimum absolute atomic E-state index is 0. The van der Waals surface area contributed by atoms with Crippen LogP contribution in [-0.2, 0) is 31.9 Å². The minimum Gasteiger partial charge on any atom is -0.260 e. The molecule has 0 amide bonds. The fourth-order valence-corrected chi connectivity index (χ4v) is 0. The molecule has 0 unspecified atom stereocenters. The van der Waals surface area contributed by atoms with Crippen LogP contribution < -0.4 is 0 Å². The van der Waals surface area contributed by atoms with Gasteiger partial charge in [0.1, 0.15) is 0 Å². The van der Waals surface area contributed by atoms with Crippen LogP contribution in [0.3, 0.4) is 0 Å². The maximum atomic E-state index is 9.56. The van der Waals surface area contributed by atoms with Gasteiger partial charge >= 0.3 is 0 Å². The molecule has 0 aromatic carbocycles. The second kappa shape index (κ2) is 9.46. The van der Waals surface area contributed by atoms with Crippen LogP contribution in [-0.4, -0.2) is 16.7 Å². The van der Waals surface area contributed by atoms with E-state index in [4.69, 9.17) is 0 Å². The van der Waals surface area contributed by atoms with Gasteiger partial charge in [-0.25, -0.2) is 0 Å². The molecule has 0 spiro atoms. The summed E-state index contributed by atoms with van der Waals surface area (Å²) >= 11 is 0. The first-order chi connectivity index (χ1) is 1.73. The number of halogens is 1. The van der Waals surface area contributed by atoms with E-state index in [0.29, 0.717) is 0 Å². The number of rotatable bonds is 0. The van der Waals surface area contributed by atoms with Crippen molar-refractivity contribution >= 4 is 23.2 Å². The van der Waals surface area contributed by atoms with Gasteiger partial charge in [-0.3, -0.25) is 4.21 Å². The van der Waals surface area contributed by atoms with E-state index in [0.717, 1.165) is 0 Å². The van der Waals surface area contributed by atoms with Gasteiger partial charge in [-0.1, -0.05) is 0 Å². The van der Waals surface area contributed by atoms with Crippen molar-refractivity contribution < 1.29 is 25.3 Å². The van der Waals surface area contributed by atoms with Crippen molar-refractivity contribution in [2.24, 2.45) is 0 Å². The van der Waals surface area contributed by atoms with E-state index in [1.165, 1.54) is 0 Å². The molecule has 0 saturated heterocycles. The van der Waals surface area contributed by atoms with Gasteiger partial charge in [0, 0.05) is 44.4 Å². The van der Waals surface area contributed by atoms with Crippen LogP contribution in [0.5, 0.6) is 0 Å². The average Bonchev–Trinajstić information content (AvgIpc) is 0.811. The van der Waals surface area contributed by atoms with Gasteiger partial charge in [0.25, 0.3) is 0 Å². The first-order valence-electron chi connectivity index (χ1n) is 0.983. The Hall–Kier alpha value is 1.13. The Bertz CT molecular complexity index is 36.5. The summed E-state index contributed by atoms with van der Waals surface area (Å²) in [4.78, 5) is 0. The normalized spacial score (nSPS) is 5.83. The van der Waals surface area contributed by atoms with Crippen molar-refractivity contribution in [3.8, 4) is 0 Å². The molecule has 44 valence electrons. The van der Waals surface area contributed by atoms with Gasteiger partial charge in [0.05, 0.1) is 0 Å². The van der Waals surface area contributed by atoms with Gasteiger partial charge in [-0.2, -0.15) is 0 Å². The van der Waals surface area contributed by atoms with Crippen LogP contribution in [0.1, 0.15) is 0 Å². The van der Waals surface area contributed by atoms with Gasteiger partial charge in [0.15, 0.2) is 0 Å². The molecule has 4 heteroatoms. The van der Waals surface area contributed by atoms with Crippen molar-refractivity contribution in [2.75, 3.05) is 12.5 Å². The van der Waals surface area contributed by atoms with Crippen molar-refractivity contribution in [1.29, 1.82) is 0 Å². The molecule has 0 aliphatic carbocycles. The maximum absolute atomic E-state index is 9.56. The van der Waals surface area contributed by atoms with Gasteiger partial charge in [-0.15, -0.1) is 12.4 Å². The van der Waals surface area contributed by atoms with Gasteiger partial charge < -0.3 is 0 Å². The molecule has 1 nitrogen and oxygen atoms in total. The maximum Gasteiger partial charge on any atom is 0.0148 e. The van der Waals surface area contributed by atoms with E-state index in [1.807, 2.05) is 0 Å². The molecular weight excluding hydrogens is 303 g/mol. The summed E-state index contributed by atoms with van der Waals surface area (Å²) in [6.45, 7) is 0. The fraction of sp³-hybridized carbons (Fsp3) is 1.00. The molecule has 0 fully saturated rings. The molecule has 0 aliphatic heterocycles. The minimum atomic E-state index is -0.611. The molecule has 0 aromatic heterocycles. The monoisotopic (exact) mass is 309 g/mol. The Kier molecular flexibility index (Phi) is 24.8. The summed E-state index contributed by atoms with van der Waals surface area (Å²) in [5.41, 5.74) is 0. The van der Waals surface area contributed by atoms with Crippen LogP contribution >= 0.6 is 12.4 Å². The number of hydrogen-bond donors (Lipinski definition) is 0. The third-order valence-corrected chi connectivity index (χ3v) is 0. The smallest absolute Gasteiger partial charge is 0.0148 e. The standard InChI is InChI=1S/C2H6OS.ClH.Pt/c1-4(2)3;;/h1-2H3;1H;. The summed E-state index contributed by atoms with van der Waals surface area (Å²) in [5.74, 6) is 0. The third-order valence-electron chi connectivity index (χ3n) is 0. The second-order valence-electron chi connectivity index (χ2n) is 0.742. The molecule has 6 heavy (non-hydrogen) atoms. The molecule has 0 heterocycles. The van der Waals surface area contributed by atoms with Crippen molar-refractivity contribution in [1.82, 2.24) is 0 Å². The van der Waals surface area contributed by atoms with Crippen LogP contribution in [0.15, 0.2) is 0 Å². The zero-order chi connectivity index (χ0) is 3.58. The van der Waals surface area contributed by atoms with Crippen LogP contribution in [0, 0.1) is 0 Å². The van der Waals surface area contributed by atoms with E-state index >= 15 is 0 Å². The van der Waals surface area contributed by atoms with E-state index in [1.54, 1.807) is 12.5 Å². The summed E-state index contributed by atoms with van der Waals surface area (Å²) < 4.78 is 9.56. The van der Waals surface area contributed by atoms with Gasteiger partial charge in [0.2, 0.25) is 0 Å². The molecule has 0 radical (unpaired) electrons. The summed E-state index contributed by atoms with van der Waals surface area (Å²) in [6, 6.07) is 0. The Balaban J connectivity index is -0.0000000450. The molecule has 0 saturated carbocycles. The zero-order valence-corrected chi connectivity index (χ0v) is 7.45. The number of hydrogen-bond acceptors (Lipinski definition) is 1. The quantitative estimate of drug-likeness (QED) is 0.634. The predicted octanol–water partition coefficient (Wildman–Crippen LogP) is 0.414. The predicted molar refractivity (Wildman–Crippen MR) is 27.2 cm³/mol. The molecule has 0 rings (SSSR count). The summed E-state index contributed by atoms with van der Waals surface area (Å²) in [6.07, 6.45) is 3.28. The molecule has 0 aromatic rings. The third kappa shape index (κ3) is 68.7. The van der Waals surface area contributed by atoms with E-state index in [9.17, 15) is 4.21 Å². The topological polar surface area (TPSA) is 17.1 Å². The molecule has 0 aliphatic rings. The van der Waals surface area contributed by atoms with Crippen molar-refractivity contribution in [3.63, 3.8) is 0 Å². The fourth-order valence-electron chi connectivity index (χ4n) is 0. The molecule has 0 bridgehead atoms. The Labute approximate surface area is 61.0 Å². The summed E-state index contributed by atoms with van der Waals surface area (Å²) in [5, 5.41) is 0. The van der Waals surface area contributed by atoms with E-state index < -0.39 is 10.8 Å². The first-order valence-corrected chi connectivity index (χ1v) is 2.95. The Morgan fingerprint density at radius 3 is 1.33 bits per heavy atom. The Morgan fingerprint density at radius 2 is 1.33 bits per heavy atom. The van der Waals surface area contributed by atoms with Crippen molar-refractivity contribution in [2.45, 2.75) is 0 Å². The van der Waals surface area contributed by atoms with Gasteiger partial charge in [-0.05, 0) is 0 Å². The molecule has 0 atom stereocenters. The van der Waals surface area contributed by atoms with Crippen molar-refractivity contribution in [3.05, 3.63) is 0 Å². The zero-order valence-electron chi connectivity index (χ0n) is 3.54. The Morgan fingerprint density at radius 1 is 1.33 bits per heavy atom. The molecule has 0 N–H and O–H groups in total. The molecular formula is C2H7ClOPtS. The van der Waals surface area contributed by atoms with Crippen LogP contribution in [0.25, 0.3) is 0 Å². The van der Waals surface area contributed by atoms with E-state index in [2.05, 4.69) is 0 Å². The van der Waals surface area contributed by atoms with E-state index in [-0.39, 0.29) is 33.5 Å². The van der Waals surface area contributed by atoms with Crippen LogP contribution in [0.2, 0.25) is 0 Å². The SMILES string of the molecule is CS(C)=O.Cl.[Pt]. The first kappa shape index (κ1) is 15.7. The van der Waals surface area contributed by atoms with Crippen LogP contribution in [0.4, 0.5) is 0 Å². The largest absolute Gasteiger partial charge is 0.260 e. The summed E-state index contributed by atoms with van der Waals surface area (Å²) in [7, 11) is -0.611. The average molecular weight is 310 g/mol. The second-order valence-corrected chi connectivity index (χ2v) is 2.22.